The number of likely N-dealkylation sites (N-methyl/N-ethyl adjacent to an activating group) is 1. The van der Waals surface area contributed by atoms with Crippen LogP contribution < -0.4 is 10.2 Å². The second-order valence-corrected chi connectivity index (χ2v) is 28.2. The molecule has 0 aromatic heterocycles. The normalized spacial score (nSPS) is 13.8. The molecule has 87 heavy (non-hydrogen) atoms. The highest BCUT2D eigenvalue weighted by Crippen LogP contribution is 2.38. The van der Waals surface area contributed by atoms with Crippen LogP contribution in [0.2, 0.25) is 0 Å². The summed E-state index contributed by atoms with van der Waals surface area (Å²) in [5.74, 6) is -0.526. The Labute approximate surface area is 541 Å². The Morgan fingerprint density at radius 2 is 0.701 bits per heavy atom. The number of carbonyl (C=O) groups excluding carboxylic acids is 2. The lowest BCUT2D eigenvalue weighted by Crippen LogP contribution is -2.47. The molecular formula is C77H145N2O7P. The molecule has 3 unspecified atom stereocenters. The first-order chi connectivity index (χ1) is 42.4. The molecule has 3 atom stereocenters. The average Bonchev–Trinajstić information content (AvgIpc) is 3.70. The van der Waals surface area contributed by atoms with Gasteiger partial charge in [-0.05, 0) is 96.0 Å². The molecule has 0 radical (unpaired) electrons. The predicted octanol–water partition coefficient (Wildman–Crippen LogP) is 23.5. The summed E-state index contributed by atoms with van der Waals surface area (Å²) >= 11 is 0. The third-order valence-corrected chi connectivity index (χ3v) is 17.9. The summed E-state index contributed by atoms with van der Waals surface area (Å²) in [5.41, 5.74) is 0. The molecule has 0 saturated carbocycles. The summed E-state index contributed by atoms with van der Waals surface area (Å²) in [7, 11) is 1.20. The van der Waals surface area contributed by atoms with E-state index in [1.54, 1.807) is 0 Å². The summed E-state index contributed by atoms with van der Waals surface area (Å²) < 4.78 is 30.5. The fourth-order valence-corrected chi connectivity index (χ4v) is 11.8. The molecule has 0 heterocycles. The number of phosphoric ester groups is 1. The van der Waals surface area contributed by atoms with E-state index in [1.807, 2.05) is 33.3 Å². The van der Waals surface area contributed by atoms with Crippen LogP contribution in [0.25, 0.3) is 0 Å². The first-order valence-corrected chi connectivity index (χ1v) is 39.1. The van der Waals surface area contributed by atoms with Crippen LogP contribution in [0.3, 0.4) is 0 Å². The Balaban J connectivity index is 4.92. The fourth-order valence-electron chi connectivity index (χ4n) is 11.1. The third kappa shape index (κ3) is 67.9. The van der Waals surface area contributed by atoms with Crippen molar-refractivity contribution in [2.75, 3.05) is 40.9 Å². The molecule has 0 aliphatic rings. The van der Waals surface area contributed by atoms with Crippen LogP contribution in [-0.2, 0) is 27.9 Å². The molecule has 0 aromatic carbocycles. The number of ether oxygens (including phenoxy) is 1. The molecule has 0 saturated heterocycles. The average molecular weight is 1240 g/mol. The fraction of sp³-hybridized carbons (Fsp3) is 0.844. The van der Waals surface area contributed by atoms with Crippen molar-refractivity contribution in [1.29, 1.82) is 0 Å². The van der Waals surface area contributed by atoms with Gasteiger partial charge in [0.2, 0.25) is 5.91 Å². The molecular weight excluding hydrogens is 1100 g/mol. The Kier molecular flexibility index (Phi) is 64.9. The molecule has 0 aliphatic heterocycles. The van der Waals surface area contributed by atoms with Crippen molar-refractivity contribution < 1.29 is 37.3 Å². The molecule has 0 spiro atoms. The van der Waals surface area contributed by atoms with Gasteiger partial charge in [-0.3, -0.25) is 14.2 Å². The number of hydrogen-bond donors (Lipinski definition) is 1. The van der Waals surface area contributed by atoms with E-state index < -0.39 is 20.0 Å². The molecule has 0 aliphatic carbocycles. The van der Waals surface area contributed by atoms with Crippen molar-refractivity contribution in [1.82, 2.24) is 5.32 Å². The van der Waals surface area contributed by atoms with Gasteiger partial charge in [0, 0.05) is 12.8 Å². The zero-order valence-corrected chi connectivity index (χ0v) is 59.4. The van der Waals surface area contributed by atoms with Gasteiger partial charge >= 0.3 is 5.97 Å². The van der Waals surface area contributed by atoms with Gasteiger partial charge in [0.15, 0.2) is 0 Å². The van der Waals surface area contributed by atoms with Gasteiger partial charge in [0.1, 0.15) is 19.3 Å². The van der Waals surface area contributed by atoms with Crippen molar-refractivity contribution >= 4 is 19.7 Å². The van der Waals surface area contributed by atoms with Crippen LogP contribution in [0.1, 0.15) is 367 Å². The lowest BCUT2D eigenvalue weighted by atomic mass is 10.0. The van der Waals surface area contributed by atoms with Crippen LogP contribution >= 0.6 is 7.82 Å². The smallest absolute Gasteiger partial charge is 0.306 e. The number of quaternary nitrogens is 1. The molecule has 9 nitrogen and oxygen atoms in total. The maximum Gasteiger partial charge on any atom is 0.306 e. The first-order valence-electron chi connectivity index (χ1n) is 37.6. The number of allylic oxidation sites excluding steroid dienone is 9. The number of phosphoric acid groups is 1. The van der Waals surface area contributed by atoms with Crippen LogP contribution in [0.5, 0.6) is 0 Å². The number of rotatable bonds is 69. The van der Waals surface area contributed by atoms with Gasteiger partial charge in [0.05, 0.1) is 33.8 Å². The van der Waals surface area contributed by atoms with Gasteiger partial charge < -0.3 is 28.5 Å². The number of esters is 1. The molecule has 1 N–H and O–H groups in total. The zero-order valence-electron chi connectivity index (χ0n) is 58.5. The van der Waals surface area contributed by atoms with Crippen molar-refractivity contribution in [3.05, 3.63) is 60.8 Å². The van der Waals surface area contributed by atoms with Crippen molar-refractivity contribution in [2.45, 2.75) is 380 Å². The second kappa shape index (κ2) is 66.6. The summed E-state index contributed by atoms with van der Waals surface area (Å²) in [6, 6.07) is -0.888. The quantitative estimate of drug-likeness (QED) is 0.0212. The Morgan fingerprint density at radius 1 is 0.402 bits per heavy atom. The molecule has 0 fully saturated rings. The topological polar surface area (TPSA) is 114 Å². The van der Waals surface area contributed by atoms with Gasteiger partial charge in [-0.1, -0.05) is 319 Å². The number of nitrogens with one attached hydrogen (secondary N) is 1. The summed E-state index contributed by atoms with van der Waals surface area (Å²) in [5, 5.41) is 3.05. The van der Waals surface area contributed by atoms with Gasteiger partial charge in [0.25, 0.3) is 7.82 Å². The van der Waals surface area contributed by atoms with Crippen LogP contribution in [0.15, 0.2) is 60.8 Å². The summed E-state index contributed by atoms with van der Waals surface area (Å²) in [6.07, 6.45) is 86.4. The highest BCUT2D eigenvalue weighted by molar-refractivity contribution is 7.45. The van der Waals surface area contributed by atoms with Crippen LogP contribution in [0.4, 0.5) is 0 Å². The molecule has 1 amide bonds. The molecule has 0 aromatic rings. The second-order valence-electron chi connectivity index (χ2n) is 26.8. The molecule has 10 heteroatoms. The van der Waals surface area contributed by atoms with E-state index in [-0.39, 0.29) is 31.5 Å². The van der Waals surface area contributed by atoms with Gasteiger partial charge in [-0.15, -0.1) is 0 Å². The third-order valence-electron chi connectivity index (χ3n) is 16.9. The van der Waals surface area contributed by atoms with Crippen molar-refractivity contribution in [3.63, 3.8) is 0 Å². The van der Waals surface area contributed by atoms with Crippen LogP contribution in [0, 0.1) is 0 Å². The first kappa shape index (κ1) is 84.7. The van der Waals surface area contributed by atoms with E-state index >= 15 is 0 Å². The summed E-state index contributed by atoms with van der Waals surface area (Å²) in [4.78, 5) is 40.2. The molecule has 0 bridgehead atoms. The van der Waals surface area contributed by atoms with E-state index in [0.29, 0.717) is 17.4 Å². The predicted molar refractivity (Wildman–Crippen MR) is 376 cm³/mol. The largest absolute Gasteiger partial charge is 0.756 e. The maximum absolute atomic E-state index is 13.6. The minimum atomic E-state index is -4.70. The Morgan fingerprint density at radius 3 is 1.06 bits per heavy atom. The van der Waals surface area contributed by atoms with E-state index in [1.165, 1.54) is 263 Å². The Hall–Kier alpha value is -2.29. The summed E-state index contributed by atoms with van der Waals surface area (Å²) in [6.45, 7) is 6.84. The highest BCUT2D eigenvalue weighted by Gasteiger charge is 2.27. The van der Waals surface area contributed by atoms with Crippen LogP contribution in [-0.4, -0.2) is 69.4 Å². The van der Waals surface area contributed by atoms with Gasteiger partial charge in [-0.2, -0.15) is 0 Å². The number of hydrogen-bond acceptors (Lipinski definition) is 7. The van der Waals surface area contributed by atoms with E-state index in [4.69, 9.17) is 13.8 Å². The number of unbranched alkanes of at least 4 members (excludes halogenated alkanes) is 45. The Bertz CT molecular complexity index is 1670. The molecule has 510 valence electrons. The van der Waals surface area contributed by atoms with Crippen molar-refractivity contribution in [3.8, 4) is 0 Å². The zero-order chi connectivity index (χ0) is 63.5. The minimum absolute atomic E-state index is 0.0213. The minimum Gasteiger partial charge on any atom is -0.756 e. The highest BCUT2D eigenvalue weighted by atomic mass is 31.2. The van der Waals surface area contributed by atoms with E-state index in [0.717, 1.165) is 70.6 Å². The number of amides is 1. The van der Waals surface area contributed by atoms with E-state index in [9.17, 15) is 19.0 Å². The maximum atomic E-state index is 13.6. The number of nitrogens with zero attached hydrogens (tertiary/aromatic N) is 1. The van der Waals surface area contributed by atoms with Crippen molar-refractivity contribution in [2.24, 2.45) is 0 Å². The SMILES string of the molecule is CCCCC/C=C\C/C=C\CCCCCCCCCCCCCCCCCC(=O)NC(COP(=O)([O-])OCC[N+](C)(C)C)C(/C=C/CCCCCCCCCCC)OC(=O)CCCCCCCCCCCCCCCCC/C=C\C/C=C\CCCCC. The van der Waals surface area contributed by atoms with E-state index in [2.05, 4.69) is 74.7 Å². The molecule has 0 rings (SSSR count). The monoisotopic (exact) mass is 1240 g/mol. The standard InChI is InChI=1S/C77H145N2O7P/c1-7-10-13-16-19-22-25-27-29-31-33-35-37-39-41-43-45-47-49-51-54-57-60-63-66-69-76(80)78-74(73-85-87(82,83)84-72-71-79(4,5)6)75(68-65-62-59-56-53-24-21-18-15-12-9-3)86-77(81)70-67-64-61-58-55-52-50-48-46-44-42-40-38-36-34-32-30-28-26-23-20-17-14-11-8-2/h19-20,22-23,27-30,65,68,74-75H,7-18,21,24-26,31-64,66-67,69-73H2,1-6H3,(H-,78,80,82,83)/b22-19-,23-20-,29-27-,30-28-,68-65+. The number of carbonyl (C=O) groups is 2. The lowest BCUT2D eigenvalue weighted by Gasteiger charge is -2.30. The van der Waals surface area contributed by atoms with Gasteiger partial charge in [-0.25, -0.2) is 0 Å². The lowest BCUT2D eigenvalue weighted by molar-refractivity contribution is -0.870.